The summed E-state index contributed by atoms with van der Waals surface area (Å²) in [6.45, 7) is 12.2. The van der Waals surface area contributed by atoms with Crippen molar-refractivity contribution < 1.29 is 17.5 Å². The zero-order chi connectivity index (χ0) is 23.5. The van der Waals surface area contributed by atoms with E-state index < -0.39 is 0 Å². The van der Waals surface area contributed by atoms with E-state index in [4.69, 9.17) is 5.73 Å². The molecule has 2 nitrogen and oxygen atoms in total. The summed E-state index contributed by atoms with van der Waals surface area (Å²) in [5, 5.41) is 0.475. The van der Waals surface area contributed by atoms with E-state index in [1.807, 2.05) is 12.1 Å². The Morgan fingerprint density at radius 3 is 1.91 bits per heavy atom. The maximum atomic E-state index is 6.37. The van der Waals surface area contributed by atoms with Crippen LogP contribution in [0, 0.1) is 0 Å². The Hall–Kier alpha value is -1.65. The van der Waals surface area contributed by atoms with Gasteiger partial charge in [-0.3, -0.25) is 0 Å². The Balaban J connectivity index is 1.94. The third kappa shape index (κ3) is 6.02. The van der Waals surface area contributed by atoms with E-state index in [9.17, 15) is 0 Å². The second-order valence-electron chi connectivity index (χ2n) is 10.1. The average Bonchev–Trinajstić information content (AvgIpc) is 2.72. The van der Waals surface area contributed by atoms with Crippen molar-refractivity contribution in [1.82, 2.24) is 0 Å². The van der Waals surface area contributed by atoms with Gasteiger partial charge in [-0.05, 0) is 0 Å². The number of benzene rings is 3. The number of hydrogen-bond acceptors (Lipinski definition) is 2. The Morgan fingerprint density at radius 1 is 0.781 bits per heavy atom. The van der Waals surface area contributed by atoms with Crippen LogP contribution in [0.25, 0.3) is 11.1 Å². The number of hydrogen-bond donors (Lipinski definition) is 1. The predicted octanol–water partition coefficient (Wildman–Crippen LogP) is 6.93. The van der Waals surface area contributed by atoms with Crippen molar-refractivity contribution in [2.45, 2.75) is 51.4 Å². The summed E-state index contributed by atoms with van der Waals surface area (Å²) < 4.78 is 1.46. The molecular formula is C28H37N2PPd. The molecule has 1 unspecified atom stereocenters. The average molecular weight is 539 g/mol. The third-order valence-electron chi connectivity index (χ3n) is 5.38. The minimum absolute atomic E-state index is 0.219. The number of para-hydroxylation sites is 1. The van der Waals surface area contributed by atoms with Crippen molar-refractivity contribution in [2.75, 3.05) is 24.7 Å². The van der Waals surface area contributed by atoms with Crippen LogP contribution in [0.15, 0.2) is 72.8 Å². The number of nitrogens with two attached hydrogens (primary N) is 1. The van der Waals surface area contributed by atoms with E-state index in [1.54, 1.807) is 0 Å². The Kier molecular flexibility index (Phi) is 7.88. The Labute approximate surface area is 204 Å². The Morgan fingerprint density at radius 2 is 1.34 bits per heavy atom. The van der Waals surface area contributed by atoms with Crippen LogP contribution >= 0.6 is 6.11 Å². The van der Waals surface area contributed by atoms with E-state index in [2.05, 4.69) is 114 Å². The van der Waals surface area contributed by atoms with Gasteiger partial charge in [0.1, 0.15) is 0 Å². The summed E-state index contributed by atoms with van der Waals surface area (Å²) in [5.74, 6) is 0. The molecule has 3 rings (SSSR count). The SMILES string of the molecule is CN(C)c1ccc(CC(C)(C)[P]([Pd][c]2ccccc2-c2ccccc2N)C(C)(C)C)cc1. The normalized spacial score (nSPS) is 13.2. The molecule has 4 heteroatoms. The first-order valence-corrected chi connectivity index (χ1v) is 15.1. The number of rotatable bonds is 7. The van der Waals surface area contributed by atoms with Gasteiger partial charge in [0.25, 0.3) is 0 Å². The van der Waals surface area contributed by atoms with Crippen LogP contribution in [0.4, 0.5) is 11.4 Å². The van der Waals surface area contributed by atoms with E-state index in [0.717, 1.165) is 17.7 Å². The molecule has 0 aliphatic rings. The molecule has 0 aromatic heterocycles. The monoisotopic (exact) mass is 538 g/mol. The third-order valence-corrected chi connectivity index (χ3v) is 16.7. The Bertz CT molecular complexity index is 1040. The van der Waals surface area contributed by atoms with Crippen LogP contribution in [-0.2, 0) is 23.9 Å². The van der Waals surface area contributed by atoms with Crippen molar-refractivity contribution in [1.29, 1.82) is 0 Å². The van der Waals surface area contributed by atoms with Crippen molar-refractivity contribution in [3.63, 3.8) is 0 Å². The summed E-state index contributed by atoms with van der Waals surface area (Å²) in [4.78, 5) is 2.16. The van der Waals surface area contributed by atoms with E-state index >= 15 is 0 Å². The molecule has 0 bridgehead atoms. The van der Waals surface area contributed by atoms with Crippen LogP contribution in [-0.4, -0.2) is 24.4 Å². The first-order chi connectivity index (χ1) is 15.0. The minimum atomic E-state index is -0.282. The molecule has 3 aromatic rings. The standard InChI is InChI=1S/C16H27NP.C12H10N.Pd/c1-15(2,3)18-16(4,5)12-13-8-10-14(11-9-13)17(6)7;13-12-9-5-4-8-11(12)10-6-2-1-3-7-10;/h8-11H,12H2,1-7H3;1-6,8-9H,13H2;/q-1;;+1. The fraction of sp³-hybridized carbons (Fsp3) is 0.357. The van der Waals surface area contributed by atoms with E-state index in [0.29, 0.717) is 17.5 Å². The molecule has 1 atom stereocenters. The van der Waals surface area contributed by atoms with Gasteiger partial charge in [0.15, 0.2) is 0 Å². The van der Waals surface area contributed by atoms with Gasteiger partial charge in [0.05, 0.1) is 0 Å². The summed E-state index contributed by atoms with van der Waals surface area (Å²) in [6.07, 6.45) is 0.813. The van der Waals surface area contributed by atoms with Gasteiger partial charge in [0, 0.05) is 0 Å². The number of anilines is 2. The molecule has 0 heterocycles. The van der Waals surface area contributed by atoms with Crippen molar-refractivity contribution in [3.8, 4) is 11.1 Å². The van der Waals surface area contributed by atoms with Crippen molar-refractivity contribution in [2.24, 2.45) is 0 Å². The van der Waals surface area contributed by atoms with Gasteiger partial charge in [-0.25, -0.2) is 0 Å². The summed E-state index contributed by atoms with van der Waals surface area (Å²) in [6, 6.07) is 26.2. The molecule has 0 saturated carbocycles. The zero-order valence-electron chi connectivity index (χ0n) is 20.4. The molecule has 0 amide bonds. The zero-order valence-corrected chi connectivity index (χ0v) is 22.9. The van der Waals surface area contributed by atoms with Gasteiger partial charge in [-0.15, -0.1) is 0 Å². The number of nitrogen functional groups attached to an aromatic ring is 1. The topological polar surface area (TPSA) is 29.3 Å². The first-order valence-electron chi connectivity index (χ1n) is 11.1. The summed E-state index contributed by atoms with van der Waals surface area (Å²) in [7, 11) is 4.19. The van der Waals surface area contributed by atoms with E-state index in [-0.39, 0.29) is 16.4 Å². The van der Waals surface area contributed by atoms with Crippen molar-refractivity contribution >= 4 is 21.5 Å². The molecular weight excluding hydrogens is 502 g/mol. The fourth-order valence-corrected chi connectivity index (χ4v) is 12.8. The van der Waals surface area contributed by atoms with Crippen LogP contribution in [0.5, 0.6) is 0 Å². The van der Waals surface area contributed by atoms with Gasteiger partial charge in [-0.1, -0.05) is 0 Å². The quantitative estimate of drug-likeness (QED) is 0.201. The van der Waals surface area contributed by atoms with Gasteiger partial charge in [0.2, 0.25) is 0 Å². The summed E-state index contributed by atoms with van der Waals surface area (Å²) in [5.41, 5.74) is 12.3. The van der Waals surface area contributed by atoms with Crippen LogP contribution in [0.3, 0.4) is 0 Å². The maximum absolute atomic E-state index is 6.37. The first kappa shape index (κ1) is 25.0. The molecule has 0 aliphatic heterocycles. The molecule has 0 aliphatic carbocycles. The van der Waals surface area contributed by atoms with Crippen molar-refractivity contribution in [3.05, 3.63) is 78.4 Å². The van der Waals surface area contributed by atoms with Gasteiger partial charge >= 0.3 is 205 Å². The second kappa shape index (κ2) is 10.1. The van der Waals surface area contributed by atoms with Crippen LogP contribution in [0.2, 0.25) is 0 Å². The fourth-order valence-electron chi connectivity index (χ4n) is 4.13. The van der Waals surface area contributed by atoms with E-state index in [1.165, 1.54) is 20.9 Å². The molecule has 0 saturated heterocycles. The van der Waals surface area contributed by atoms with Gasteiger partial charge < -0.3 is 0 Å². The molecule has 0 fully saturated rings. The second-order valence-corrected chi connectivity index (χ2v) is 17.2. The number of nitrogens with zero attached hydrogens (tertiary/aromatic N) is 1. The molecule has 2 N–H and O–H groups in total. The predicted molar refractivity (Wildman–Crippen MR) is 141 cm³/mol. The molecule has 3 aromatic carbocycles. The molecule has 174 valence electrons. The molecule has 32 heavy (non-hydrogen) atoms. The van der Waals surface area contributed by atoms with Crippen LogP contribution in [0.1, 0.15) is 40.2 Å². The molecule has 0 spiro atoms. The molecule has 0 radical (unpaired) electrons. The van der Waals surface area contributed by atoms with Crippen LogP contribution < -0.4 is 14.7 Å². The summed E-state index contributed by atoms with van der Waals surface area (Å²) >= 11 is 0.506. The van der Waals surface area contributed by atoms with Gasteiger partial charge in [-0.2, -0.15) is 0 Å².